The number of nitrogen functional groups attached to an aromatic ring is 1. The van der Waals surface area contributed by atoms with E-state index in [1.165, 1.54) is 18.2 Å². The van der Waals surface area contributed by atoms with Gasteiger partial charge in [0.15, 0.2) is 0 Å². The number of benzene rings is 1. The van der Waals surface area contributed by atoms with Gasteiger partial charge in [-0.3, -0.25) is 4.79 Å². The SMILES string of the molecule is CCOC1CC(CC(=O)Nc2ccc(F)c(N)c2)C1. The first-order valence-corrected chi connectivity index (χ1v) is 6.55. The summed E-state index contributed by atoms with van der Waals surface area (Å²) < 4.78 is 18.4. The zero-order chi connectivity index (χ0) is 13.8. The Morgan fingerprint density at radius 2 is 2.26 bits per heavy atom. The molecular weight excluding hydrogens is 247 g/mol. The van der Waals surface area contributed by atoms with Gasteiger partial charge in [-0.2, -0.15) is 0 Å². The van der Waals surface area contributed by atoms with Crippen LogP contribution in [0.4, 0.5) is 15.8 Å². The summed E-state index contributed by atoms with van der Waals surface area (Å²) in [6, 6.07) is 4.18. The lowest BCUT2D eigenvalue weighted by molar-refractivity contribution is -0.119. The molecule has 1 amide bonds. The Balaban J connectivity index is 1.77. The maximum absolute atomic E-state index is 13.0. The number of nitrogens with two attached hydrogens (primary N) is 1. The molecule has 104 valence electrons. The standard InChI is InChI=1S/C14H19FN2O2/c1-2-19-11-5-9(6-11)7-14(18)17-10-3-4-12(15)13(16)8-10/h3-4,8-9,11H,2,5-7,16H2,1H3,(H,17,18). The van der Waals surface area contributed by atoms with Crippen molar-refractivity contribution in [3.8, 4) is 0 Å². The van der Waals surface area contributed by atoms with Gasteiger partial charge in [0, 0.05) is 18.7 Å². The van der Waals surface area contributed by atoms with Gasteiger partial charge in [-0.05, 0) is 43.9 Å². The topological polar surface area (TPSA) is 64.3 Å². The summed E-state index contributed by atoms with van der Waals surface area (Å²) in [6.45, 7) is 2.69. The minimum Gasteiger partial charge on any atom is -0.396 e. The molecule has 1 aliphatic rings. The minimum atomic E-state index is -0.475. The van der Waals surface area contributed by atoms with Gasteiger partial charge in [0.25, 0.3) is 0 Å². The molecule has 1 aromatic carbocycles. The van der Waals surface area contributed by atoms with Gasteiger partial charge in [-0.15, -0.1) is 0 Å². The Kier molecular flexibility index (Phi) is 4.37. The van der Waals surface area contributed by atoms with Crippen LogP contribution in [0.3, 0.4) is 0 Å². The largest absolute Gasteiger partial charge is 0.396 e. The zero-order valence-corrected chi connectivity index (χ0v) is 11.0. The third-order valence-corrected chi connectivity index (χ3v) is 3.35. The van der Waals surface area contributed by atoms with Gasteiger partial charge < -0.3 is 15.8 Å². The highest BCUT2D eigenvalue weighted by Gasteiger charge is 2.30. The van der Waals surface area contributed by atoms with Crippen LogP contribution in [0.25, 0.3) is 0 Å². The van der Waals surface area contributed by atoms with Gasteiger partial charge in [0.2, 0.25) is 5.91 Å². The average Bonchev–Trinajstić information content (AvgIpc) is 2.31. The van der Waals surface area contributed by atoms with Crippen LogP contribution in [0.15, 0.2) is 18.2 Å². The molecule has 1 aromatic rings. The number of halogens is 1. The van der Waals surface area contributed by atoms with E-state index < -0.39 is 5.82 Å². The van der Waals surface area contributed by atoms with E-state index >= 15 is 0 Å². The van der Waals surface area contributed by atoms with Crippen LogP contribution in [-0.2, 0) is 9.53 Å². The van der Waals surface area contributed by atoms with Crippen molar-refractivity contribution in [2.75, 3.05) is 17.7 Å². The molecule has 0 heterocycles. The van der Waals surface area contributed by atoms with Crippen LogP contribution < -0.4 is 11.1 Å². The fourth-order valence-electron chi connectivity index (χ4n) is 2.31. The maximum atomic E-state index is 13.0. The number of ether oxygens (including phenoxy) is 1. The van der Waals surface area contributed by atoms with Crippen LogP contribution in [0, 0.1) is 11.7 Å². The van der Waals surface area contributed by atoms with E-state index in [9.17, 15) is 9.18 Å². The Labute approximate surface area is 112 Å². The fourth-order valence-corrected chi connectivity index (χ4v) is 2.31. The molecule has 0 atom stereocenters. The second-order valence-electron chi connectivity index (χ2n) is 4.90. The highest BCUT2D eigenvalue weighted by atomic mass is 19.1. The first-order chi connectivity index (χ1) is 9.08. The first kappa shape index (κ1) is 13.8. The summed E-state index contributed by atoms with van der Waals surface area (Å²) >= 11 is 0. The highest BCUT2D eigenvalue weighted by molar-refractivity contribution is 5.91. The summed E-state index contributed by atoms with van der Waals surface area (Å²) in [4.78, 5) is 11.8. The molecule has 1 saturated carbocycles. The van der Waals surface area contributed by atoms with Gasteiger partial charge in [0.05, 0.1) is 11.8 Å². The third kappa shape index (κ3) is 3.67. The molecule has 3 N–H and O–H groups in total. The summed E-state index contributed by atoms with van der Waals surface area (Å²) in [5.41, 5.74) is 6.02. The van der Waals surface area contributed by atoms with Gasteiger partial charge in [-0.25, -0.2) is 4.39 Å². The van der Waals surface area contributed by atoms with E-state index in [1.54, 1.807) is 0 Å². The van der Waals surface area contributed by atoms with Gasteiger partial charge >= 0.3 is 0 Å². The number of anilines is 2. The van der Waals surface area contributed by atoms with Crippen LogP contribution in [0.5, 0.6) is 0 Å². The van der Waals surface area contributed by atoms with Crippen LogP contribution >= 0.6 is 0 Å². The van der Waals surface area contributed by atoms with E-state index in [0.717, 1.165) is 19.4 Å². The van der Waals surface area contributed by atoms with Crippen molar-refractivity contribution in [3.05, 3.63) is 24.0 Å². The number of hydrogen-bond acceptors (Lipinski definition) is 3. The van der Waals surface area contributed by atoms with Crippen LogP contribution in [0.1, 0.15) is 26.2 Å². The first-order valence-electron chi connectivity index (χ1n) is 6.55. The lowest BCUT2D eigenvalue weighted by Crippen LogP contribution is -2.33. The monoisotopic (exact) mass is 266 g/mol. The number of carbonyl (C=O) groups is 1. The Morgan fingerprint density at radius 3 is 2.89 bits per heavy atom. The Hall–Kier alpha value is -1.62. The summed E-state index contributed by atoms with van der Waals surface area (Å²) in [7, 11) is 0. The lowest BCUT2D eigenvalue weighted by atomic mass is 9.80. The van der Waals surface area contributed by atoms with Gasteiger partial charge in [-0.1, -0.05) is 0 Å². The molecule has 1 fully saturated rings. The Morgan fingerprint density at radius 1 is 1.53 bits per heavy atom. The van der Waals surface area contributed by atoms with Crippen LogP contribution in [-0.4, -0.2) is 18.6 Å². The van der Waals surface area contributed by atoms with Crippen molar-refractivity contribution in [3.63, 3.8) is 0 Å². The third-order valence-electron chi connectivity index (χ3n) is 3.35. The number of amides is 1. The molecule has 4 nitrogen and oxygen atoms in total. The van der Waals surface area contributed by atoms with E-state index in [0.29, 0.717) is 24.1 Å². The maximum Gasteiger partial charge on any atom is 0.224 e. The van der Waals surface area contributed by atoms with Gasteiger partial charge in [0.1, 0.15) is 5.82 Å². The highest BCUT2D eigenvalue weighted by Crippen LogP contribution is 2.32. The summed E-state index contributed by atoms with van der Waals surface area (Å²) in [5, 5.41) is 2.73. The number of hydrogen-bond donors (Lipinski definition) is 2. The van der Waals surface area contributed by atoms with E-state index in [2.05, 4.69) is 5.32 Å². The number of nitrogens with one attached hydrogen (secondary N) is 1. The normalized spacial score (nSPS) is 21.8. The molecule has 0 unspecified atom stereocenters. The molecule has 1 aliphatic carbocycles. The molecular formula is C14H19FN2O2. The molecule has 0 aromatic heterocycles. The number of carbonyl (C=O) groups excluding carboxylic acids is 1. The molecule has 0 spiro atoms. The predicted molar refractivity (Wildman–Crippen MR) is 72.2 cm³/mol. The zero-order valence-electron chi connectivity index (χ0n) is 11.0. The Bertz CT molecular complexity index is 459. The molecule has 0 saturated heterocycles. The average molecular weight is 266 g/mol. The minimum absolute atomic E-state index is 0.0397. The van der Waals surface area contributed by atoms with Crippen LogP contribution in [0.2, 0.25) is 0 Å². The summed E-state index contributed by atoms with van der Waals surface area (Å²) in [5.74, 6) is -0.156. The van der Waals surface area contributed by atoms with Crippen molar-refractivity contribution >= 4 is 17.3 Å². The second-order valence-corrected chi connectivity index (χ2v) is 4.90. The van der Waals surface area contributed by atoms with E-state index in [4.69, 9.17) is 10.5 Å². The molecule has 0 bridgehead atoms. The van der Waals surface area contributed by atoms with Crippen molar-refractivity contribution < 1.29 is 13.9 Å². The molecule has 5 heteroatoms. The second kappa shape index (κ2) is 6.02. The molecule has 0 aliphatic heterocycles. The lowest BCUT2D eigenvalue weighted by Gasteiger charge is -2.34. The number of rotatable bonds is 5. The smallest absolute Gasteiger partial charge is 0.224 e. The van der Waals surface area contributed by atoms with E-state index in [1.807, 2.05) is 6.92 Å². The van der Waals surface area contributed by atoms with Crippen molar-refractivity contribution in [1.29, 1.82) is 0 Å². The fraction of sp³-hybridized carbons (Fsp3) is 0.500. The molecule has 2 rings (SSSR count). The van der Waals surface area contributed by atoms with Crippen molar-refractivity contribution in [1.82, 2.24) is 0 Å². The predicted octanol–water partition coefficient (Wildman–Crippen LogP) is 2.55. The van der Waals surface area contributed by atoms with Crippen molar-refractivity contribution in [2.45, 2.75) is 32.3 Å². The molecule has 19 heavy (non-hydrogen) atoms. The molecule has 0 radical (unpaired) electrons. The van der Waals surface area contributed by atoms with Crippen molar-refractivity contribution in [2.24, 2.45) is 5.92 Å². The summed E-state index contributed by atoms with van der Waals surface area (Å²) in [6.07, 6.45) is 2.66. The van der Waals surface area contributed by atoms with E-state index in [-0.39, 0.29) is 11.6 Å². The quantitative estimate of drug-likeness (QED) is 0.805.